The monoisotopic (exact) mass is 365 g/mol. The molecule has 0 fully saturated rings. The predicted molar refractivity (Wildman–Crippen MR) is 90.4 cm³/mol. The van der Waals surface area contributed by atoms with Crippen molar-refractivity contribution in [2.45, 2.75) is 24.7 Å². The van der Waals surface area contributed by atoms with Crippen LogP contribution < -0.4 is 10.3 Å². The summed E-state index contributed by atoms with van der Waals surface area (Å²) in [5.74, 6) is 0.698. The van der Waals surface area contributed by atoms with Gasteiger partial charge in [-0.15, -0.1) is 0 Å². The van der Waals surface area contributed by atoms with Crippen LogP contribution in [0.2, 0.25) is 0 Å². The highest BCUT2D eigenvalue weighted by Crippen LogP contribution is 2.26. The Morgan fingerprint density at radius 2 is 2.16 bits per heavy atom. The summed E-state index contributed by atoms with van der Waals surface area (Å²) in [5.41, 5.74) is 1.27. The van der Waals surface area contributed by atoms with E-state index in [-0.39, 0.29) is 10.9 Å². The summed E-state index contributed by atoms with van der Waals surface area (Å²) in [4.78, 5) is 20.7. The van der Waals surface area contributed by atoms with Gasteiger partial charge in [-0.1, -0.05) is 6.07 Å². The minimum Gasteiger partial charge on any atom is -0.507 e. The van der Waals surface area contributed by atoms with Gasteiger partial charge in [0, 0.05) is 43.9 Å². The summed E-state index contributed by atoms with van der Waals surface area (Å²) >= 11 is 0. The van der Waals surface area contributed by atoms with Gasteiger partial charge in [0.15, 0.2) is 0 Å². The molecule has 0 spiro atoms. The number of hydrogen-bond acceptors (Lipinski definition) is 7. The van der Waals surface area contributed by atoms with Gasteiger partial charge in [-0.05, 0) is 6.07 Å². The summed E-state index contributed by atoms with van der Waals surface area (Å²) in [5, 5.41) is 9.78. The van der Waals surface area contributed by atoms with Crippen LogP contribution in [0.3, 0.4) is 0 Å². The Bertz CT molecular complexity index is 968. The van der Waals surface area contributed by atoms with Crippen LogP contribution in [-0.2, 0) is 29.3 Å². The van der Waals surface area contributed by atoms with E-state index in [9.17, 15) is 18.3 Å². The molecule has 0 amide bonds. The summed E-state index contributed by atoms with van der Waals surface area (Å²) in [6, 6.07) is 5.08. The van der Waals surface area contributed by atoms with Crippen LogP contribution >= 0.6 is 0 Å². The van der Waals surface area contributed by atoms with Crippen molar-refractivity contribution < 1.29 is 18.3 Å². The van der Waals surface area contributed by atoms with Gasteiger partial charge in [-0.3, -0.25) is 14.7 Å². The van der Waals surface area contributed by atoms with Gasteiger partial charge in [0.25, 0.3) is 5.56 Å². The van der Waals surface area contributed by atoms with E-state index in [2.05, 4.69) is 9.97 Å². The van der Waals surface area contributed by atoms with Gasteiger partial charge in [-0.25, -0.2) is 13.4 Å². The van der Waals surface area contributed by atoms with Crippen molar-refractivity contribution in [1.29, 1.82) is 0 Å². The fourth-order valence-corrected chi connectivity index (χ4v) is 3.37. The predicted octanol–water partition coefficient (Wildman–Crippen LogP) is 0.446. The van der Waals surface area contributed by atoms with E-state index in [0.29, 0.717) is 43.1 Å². The number of benzene rings is 1. The number of phenols is 1. The van der Waals surface area contributed by atoms with Crippen molar-refractivity contribution in [1.82, 2.24) is 14.9 Å². The SMILES string of the molecule is COc1ccc(CN2CCc3nc(S(C)(=O)=O)[nH]c(=O)c3C2)c(O)c1. The molecule has 3 rings (SSSR count). The minimum atomic E-state index is -3.56. The maximum atomic E-state index is 12.2. The molecular weight excluding hydrogens is 346 g/mol. The second kappa shape index (κ2) is 6.49. The summed E-state index contributed by atoms with van der Waals surface area (Å²) in [7, 11) is -2.03. The van der Waals surface area contributed by atoms with E-state index in [1.54, 1.807) is 18.2 Å². The number of aromatic nitrogens is 2. The number of ether oxygens (including phenoxy) is 1. The maximum Gasteiger partial charge on any atom is 0.256 e. The lowest BCUT2D eigenvalue weighted by molar-refractivity contribution is 0.237. The zero-order chi connectivity index (χ0) is 18.2. The molecule has 2 aromatic rings. The summed E-state index contributed by atoms with van der Waals surface area (Å²) in [6.45, 7) is 1.41. The molecule has 1 aliphatic rings. The van der Waals surface area contributed by atoms with Crippen molar-refractivity contribution in [3.8, 4) is 11.5 Å². The zero-order valence-electron chi connectivity index (χ0n) is 13.9. The lowest BCUT2D eigenvalue weighted by atomic mass is 10.1. The Morgan fingerprint density at radius 1 is 1.40 bits per heavy atom. The fourth-order valence-electron chi connectivity index (χ4n) is 2.81. The normalized spacial score (nSPS) is 15.0. The van der Waals surface area contributed by atoms with E-state index >= 15 is 0 Å². The number of fused-ring (bicyclic) bond motifs is 1. The summed E-state index contributed by atoms with van der Waals surface area (Å²) < 4.78 is 28.2. The molecule has 0 bridgehead atoms. The van der Waals surface area contributed by atoms with Crippen LogP contribution in [0.15, 0.2) is 28.2 Å². The number of phenolic OH excluding ortho intramolecular Hbond substituents is 1. The second-order valence-corrected chi connectivity index (χ2v) is 7.95. The number of sulfone groups is 1. The Hall–Kier alpha value is -2.39. The van der Waals surface area contributed by atoms with Gasteiger partial charge >= 0.3 is 0 Å². The maximum absolute atomic E-state index is 12.2. The number of H-pyrrole nitrogens is 1. The second-order valence-electron chi connectivity index (χ2n) is 6.02. The first kappa shape index (κ1) is 17.4. The molecule has 0 saturated heterocycles. The zero-order valence-corrected chi connectivity index (χ0v) is 14.8. The number of nitrogens with one attached hydrogen (secondary N) is 1. The molecule has 8 nitrogen and oxygen atoms in total. The molecule has 0 saturated carbocycles. The quantitative estimate of drug-likeness (QED) is 0.756. The topological polar surface area (TPSA) is 113 Å². The molecule has 2 N–H and O–H groups in total. The first-order valence-corrected chi connectivity index (χ1v) is 9.57. The Balaban J connectivity index is 1.83. The molecule has 0 atom stereocenters. The third-order valence-corrected chi connectivity index (χ3v) is 5.06. The van der Waals surface area contributed by atoms with Crippen molar-refractivity contribution in [3.05, 3.63) is 45.4 Å². The third-order valence-electron chi connectivity index (χ3n) is 4.16. The van der Waals surface area contributed by atoms with Crippen LogP contribution in [0.1, 0.15) is 16.8 Å². The molecule has 9 heteroatoms. The van der Waals surface area contributed by atoms with E-state index in [1.165, 1.54) is 7.11 Å². The molecule has 25 heavy (non-hydrogen) atoms. The largest absolute Gasteiger partial charge is 0.507 e. The third kappa shape index (κ3) is 3.67. The lowest BCUT2D eigenvalue weighted by Gasteiger charge is -2.27. The number of nitrogens with zero attached hydrogens (tertiary/aromatic N) is 2. The average Bonchev–Trinajstić information content (AvgIpc) is 2.56. The van der Waals surface area contributed by atoms with Crippen molar-refractivity contribution in [2.75, 3.05) is 19.9 Å². The molecule has 0 aliphatic carbocycles. The highest BCUT2D eigenvalue weighted by molar-refractivity contribution is 7.90. The Labute approximate surface area is 145 Å². The van der Waals surface area contributed by atoms with Crippen molar-refractivity contribution >= 4 is 9.84 Å². The fraction of sp³-hybridized carbons (Fsp3) is 0.375. The Morgan fingerprint density at radius 3 is 2.80 bits per heavy atom. The molecule has 0 unspecified atom stereocenters. The number of rotatable bonds is 4. The van der Waals surface area contributed by atoms with Gasteiger partial charge < -0.3 is 9.84 Å². The smallest absolute Gasteiger partial charge is 0.256 e. The molecule has 2 heterocycles. The molecule has 0 radical (unpaired) electrons. The van der Waals surface area contributed by atoms with Gasteiger partial charge in [0.2, 0.25) is 15.0 Å². The molecule has 134 valence electrons. The molecule has 1 aliphatic heterocycles. The highest BCUT2D eigenvalue weighted by Gasteiger charge is 2.24. The van der Waals surface area contributed by atoms with Crippen molar-refractivity contribution in [3.63, 3.8) is 0 Å². The van der Waals surface area contributed by atoms with Gasteiger partial charge in [-0.2, -0.15) is 0 Å². The van der Waals surface area contributed by atoms with Crippen LogP contribution in [0.4, 0.5) is 0 Å². The highest BCUT2D eigenvalue weighted by atomic mass is 32.2. The van der Waals surface area contributed by atoms with E-state index in [0.717, 1.165) is 11.8 Å². The van der Waals surface area contributed by atoms with Crippen LogP contribution in [0.25, 0.3) is 0 Å². The number of aromatic amines is 1. The van der Waals surface area contributed by atoms with E-state index < -0.39 is 15.4 Å². The molecular formula is C16H19N3O5S. The first-order chi connectivity index (χ1) is 11.8. The standard InChI is InChI=1S/C16H19N3O5S/c1-24-11-4-3-10(14(20)7-11)8-19-6-5-13-12(9-19)15(21)18-16(17-13)25(2,22)23/h3-4,7,20H,5-6,8-9H2,1-2H3,(H,17,18,21). The van der Waals surface area contributed by atoms with Gasteiger partial charge in [0.05, 0.1) is 18.4 Å². The van der Waals surface area contributed by atoms with Crippen LogP contribution in [0, 0.1) is 0 Å². The average molecular weight is 365 g/mol. The van der Waals surface area contributed by atoms with Crippen molar-refractivity contribution in [2.24, 2.45) is 0 Å². The molecule has 1 aromatic heterocycles. The van der Waals surface area contributed by atoms with Gasteiger partial charge in [0.1, 0.15) is 11.5 Å². The minimum absolute atomic E-state index is 0.129. The van der Waals surface area contributed by atoms with E-state index in [1.807, 2.05) is 4.90 Å². The Kier molecular flexibility index (Phi) is 4.53. The number of hydrogen-bond donors (Lipinski definition) is 2. The number of methoxy groups -OCH3 is 1. The number of aromatic hydroxyl groups is 1. The summed E-state index contributed by atoms with van der Waals surface area (Å²) in [6.07, 6.45) is 1.48. The van der Waals surface area contributed by atoms with Crippen LogP contribution in [0.5, 0.6) is 11.5 Å². The van der Waals surface area contributed by atoms with E-state index in [4.69, 9.17) is 4.74 Å². The van der Waals surface area contributed by atoms with Crippen LogP contribution in [-0.4, -0.2) is 48.3 Å². The molecule has 1 aromatic carbocycles. The lowest BCUT2D eigenvalue weighted by Crippen LogP contribution is -2.36. The first-order valence-electron chi connectivity index (χ1n) is 7.68.